The van der Waals surface area contributed by atoms with E-state index in [-0.39, 0.29) is 5.97 Å². The molecule has 0 saturated carbocycles. The van der Waals surface area contributed by atoms with Crippen molar-refractivity contribution in [2.24, 2.45) is 0 Å². The van der Waals surface area contributed by atoms with Crippen LogP contribution in [0.2, 0.25) is 0 Å². The Morgan fingerprint density at radius 2 is 2.05 bits per heavy atom. The van der Waals surface area contributed by atoms with Gasteiger partial charge in [-0.25, -0.2) is 0 Å². The third kappa shape index (κ3) is 3.31. The van der Waals surface area contributed by atoms with Gasteiger partial charge < -0.3 is 4.74 Å². The Morgan fingerprint density at radius 3 is 2.80 bits per heavy atom. The fourth-order valence-corrected chi connectivity index (χ4v) is 2.70. The number of ether oxygens (including phenoxy) is 1. The summed E-state index contributed by atoms with van der Waals surface area (Å²) in [5.74, 6) is -0.327. The number of rotatable bonds is 5. The number of benzene rings is 2. The first-order valence-electron chi connectivity index (χ1n) is 6.44. The third-order valence-corrected chi connectivity index (χ3v) is 3.78. The number of nitrogens with zero attached hydrogens (tertiary/aromatic N) is 1. The molecule has 0 aliphatic rings. The highest BCUT2D eigenvalue weighted by atomic mass is 32.2. The molecule has 0 radical (unpaired) electrons. The lowest BCUT2D eigenvalue weighted by Crippen LogP contribution is -2.22. The summed E-state index contributed by atoms with van der Waals surface area (Å²) in [6.07, 6.45) is 0.498. The van der Waals surface area contributed by atoms with Crippen molar-refractivity contribution >= 4 is 28.5 Å². The molecule has 0 aliphatic carbocycles. The molecule has 0 aromatic heterocycles. The van der Waals surface area contributed by atoms with Crippen LogP contribution in [0, 0.1) is 10.7 Å². The summed E-state index contributed by atoms with van der Waals surface area (Å²) in [6.45, 7) is 2.10. The molecule has 20 heavy (non-hydrogen) atoms. The van der Waals surface area contributed by atoms with E-state index in [1.807, 2.05) is 47.9 Å². The van der Waals surface area contributed by atoms with Gasteiger partial charge in [0, 0.05) is 0 Å². The third-order valence-electron chi connectivity index (χ3n) is 3.03. The normalized spacial score (nSPS) is 11.8. The van der Waals surface area contributed by atoms with Gasteiger partial charge in [0.05, 0.1) is 6.61 Å². The molecule has 2 aromatic carbocycles. The zero-order chi connectivity index (χ0) is 14.4. The summed E-state index contributed by atoms with van der Waals surface area (Å²) in [7, 11) is 0. The lowest BCUT2D eigenvalue weighted by molar-refractivity contribution is -0.142. The Kier molecular flexibility index (Phi) is 5.03. The van der Waals surface area contributed by atoms with Crippen molar-refractivity contribution in [3.8, 4) is 5.40 Å². The van der Waals surface area contributed by atoms with Gasteiger partial charge in [0.25, 0.3) is 0 Å². The zero-order valence-electron chi connectivity index (χ0n) is 11.2. The van der Waals surface area contributed by atoms with Crippen LogP contribution in [0.1, 0.15) is 12.5 Å². The summed E-state index contributed by atoms with van der Waals surface area (Å²) < 4.78 is 5.03. The predicted octanol–water partition coefficient (Wildman–Crippen LogP) is 3.53. The molecule has 2 rings (SSSR count). The predicted molar refractivity (Wildman–Crippen MR) is 81.3 cm³/mol. The quantitative estimate of drug-likeness (QED) is 0.623. The highest BCUT2D eigenvalue weighted by Crippen LogP contribution is 2.24. The maximum atomic E-state index is 11.9. The molecule has 0 saturated heterocycles. The molecule has 4 heteroatoms. The Balaban J connectivity index is 2.29. The van der Waals surface area contributed by atoms with E-state index in [0.717, 1.165) is 28.1 Å². The van der Waals surface area contributed by atoms with Gasteiger partial charge >= 0.3 is 5.97 Å². The van der Waals surface area contributed by atoms with Gasteiger partial charge in [0.1, 0.15) is 10.7 Å². The van der Waals surface area contributed by atoms with Crippen molar-refractivity contribution in [1.29, 1.82) is 5.26 Å². The minimum atomic E-state index is -0.481. The van der Waals surface area contributed by atoms with Crippen molar-refractivity contribution in [2.45, 2.75) is 18.6 Å². The number of hydrogen-bond acceptors (Lipinski definition) is 4. The number of carbonyl (C=O) groups is 1. The summed E-state index contributed by atoms with van der Waals surface area (Å²) in [6, 6.07) is 14.0. The Morgan fingerprint density at radius 1 is 1.30 bits per heavy atom. The standard InChI is InChI=1S/C16H15NO2S/c1-2-19-16(18)15(20-11-17)10-13-8-5-7-12-6-3-4-9-14(12)13/h3-9,15H,2,10H2,1H3. The number of nitriles is 1. The summed E-state index contributed by atoms with van der Waals surface area (Å²) in [5, 5.41) is 12.6. The number of carbonyl (C=O) groups excluding carboxylic acids is 1. The van der Waals surface area contributed by atoms with Crippen molar-refractivity contribution in [3.05, 3.63) is 48.0 Å². The smallest absolute Gasteiger partial charge is 0.320 e. The topological polar surface area (TPSA) is 50.1 Å². The minimum Gasteiger partial charge on any atom is -0.465 e. The monoisotopic (exact) mass is 285 g/mol. The first-order valence-corrected chi connectivity index (χ1v) is 7.32. The Bertz CT molecular complexity index is 643. The molecular weight excluding hydrogens is 270 g/mol. The molecule has 1 atom stereocenters. The lowest BCUT2D eigenvalue weighted by Gasteiger charge is -2.13. The molecule has 0 fully saturated rings. The van der Waals surface area contributed by atoms with Crippen LogP contribution < -0.4 is 0 Å². The maximum absolute atomic E-state index is 11.9. The van der Waals surface area contributed by atoms with E-state index in [0.29, 0.717) is 13.0 Å². The van der Waals surface area contributed by atoms with Crippen LogP contribution in [0.25, 0.3) is 10.8 Å². The molecule has 3 nitrogen and oxygen atoms in total. The van der Waals surface area contributed by atoms with Crippen molar-refractivity contribution < 1.29 is 9.53 Å². The van der Waals surface area contributed by atoms with Crippen LogP contribution in [0.4, 0.5) is 0 Å². The summed E-state index contributed by atoms with van der Waals surface area (Å²) >= 11 is 0.959. The summed E-state index contributed by atoms with van der Waals surface area (Å²) in [5.41, 5.74) is 1.06. The fraction of sp³-hybridized carbons (Fsp3) is 0.250. The molecule has 0 spiro atoms. The SMILES string of the molecule is CCOC(=O)C(Cc1cccc2ccccc12)SC#N. The van der Waals surface area contributed by atoms with Gasteiger partial charge in [-0.1, -0.05) is 42.5 Å². The molecular formula is C16H15NO2S. The molecule has 1 unspecified atom stereocenters. The first kappa shape index (κ1) is 14.4. The number of hydrogen-bond donors (Lipinski definition) is 0. The second kappa shape index (κ2) is 6.97. The molecule has 0 N–H and O–H groups in total. The molecule has 0 bridgehead atoms. The van der Waals surface area contributed by atoms with Gasteiger partial charge in [-0.05, 0) is 41.4 Å². The average molecular weight is 285 g/mol. The van der Waals surface area contributed by atoms with Crippen LogP contribution in [-0.4, -0.2) is 17.8 Å². The second-order valence-corrected chi connectivity index (χ2v) is 5.28. The highest BCUT2D eigenvalue weighted by molar-refractivity contribution is 8.04. The highest BCUT2D eigenvalue weighted by Gasteiger charge is 2.21. The molecule has 2 aromatic rings. The lowest BCUT2D eigenvalue weighted by atomic mass is 10.0. The van der Waals surface area contributed by atoms with E-state index < -0.39 is 5.25 Å². The van der Waals surface area contributed by atoms with E-state index in [1.54, 1.807) is 6.92 Å². The van der Waals surface area contributed by atoms with Crippen molar-refractivity contribution in [2.75, 3.05) is 6.61 Å². The van der Waals surface area contributed by atoms with Gasteiger partial charge in [-0.2, -0.15) is 5.26 Å². The molecule has 102 valence electrons. The van der Waals surface area contributed by atoms with E-state index in [1.165, 1.54) is 0 Å². The number of esters is 1. The minimum absolute atomic E-state index is 0.327. The van der Waals surface area contributed by atoms with Gasteiger partial charge in [-0.15, -0.1) is 0 Å². The zero-order valence-corrected chi connectivity index (χ0v) is 12.0. The van der Waals surface area contributed by atoms with Gasteiger partial charge in [0.2, 0.25) is 0 Å². The van der Waals surface area contributed by atoms with E-state index >= 15 is 0 Å². The molecule has 0 heterocycles. The van der Waals surface area contributed by atoms with Gasteiger partial charge in [-0.3, -0.25) is 4.79 Å². The molecule has 0 aliphatic heterocycles. The Labute approximate surface area is 122 Å². The van der Waals surface area contributed by atoms with Crippen molar-refractivity contribution in [3.63, 3.8) is 0 Å². The average Bonchev–Trinajstić information content (AvgIpc) is 2.47. The number of thioether (sulfide) groups is 1. The van der Waals surface area contributed by atoms with Crippen LogP contribution in [0.3, 0.4) is 0 Å². The van der Waals surface area contributed by atoms with E-state index in [2.05, 4.69) is 0 Å². The maximum Gasteiger partial charge on any atom is 0.320 e. The van der Waals surface area contributed by atoms with Crippen LogP contribution in [0.15, 0.2) is 42.5 Å². The fourth-order valence-electron chi connectivity index (χ4n) is 2.14. The number of thiocyanates is 1. The van der Waals surface area contributed by atoms with Gasteiger partial charge in [0.15, 0.2) is 0 Å². The largest absolute Gasteiger partial charge is 0.465 e. The van der Waals surface area contributed by atoms with Crippen LogP contribution >= 0.6 is 11.8 Å². The first-order chi connectivity index (χ1) is 9.76. The summed E-state index contributed by atoms with van der Waals surface area (Å²) in [4.78, 5) is 11.9. The van der Waals surface area contributed by atoms with Crippen LogP contribution in [0.5, 0.6) is 0 Å². The molecule has 0 amide bonds. The van der Waals surface area contributed by atoms with E-state index in [4.69, 9.17) is 10.00 Å². The Hall–Kier alpha value is -1.99. The van der Waals surface area contributed by atoms with Crippen LogP contribution in [-0.2, 0) is 16.0 Å². The van der Waals surface area contributed by atoms with E-state index in [9.17, 15) is 4.79 Å². The van der Waals surface area contributed by atoms with Crippen molar-refractivity contribution in [1.82, 2.24) is 0 Å². The second-order valence-electron chi connectivity index (χ2n) is 4.29. The number of fused-ring (bicyclic) bond motifs is 1.